The van der Waals surface area contributed by atoms with Crippen molar-refractivity contribution in [3.63, 3.8) is 0 Å². The molecule has 2 rings (SSSR count). The highest BCUT2D eigenvalue weighted by Crippen LogP contribution is 2.33. The Hall–Kier alpha value is -1.76. The van der Waals surface area contributed by atoms with Crippen LogP contribution in [0.15, 0.2) is 40.9 Å². The minimum Gasteiger partial charge on any atom is -0.370 e. The molecular formula is C14H13BrF3N3. The van der Waals surface area contributed by atoms with Crippen molar-refractivity contribution in [3.8, 4) is 0 Å². The van der Waals surface area contributed by atoms with Crippen molar-refractivity contribution >= 4 is 33.3 Å². The number of nitrogens with zero attached hydrogens (tertiary/aromatic N) is 1. The number of alkyl halides is 3. The number of benzene rings is 1. The molecule has 0 aliphatic heterocycles. The van der Waals surface area contributed by atoms with Gasteiger partial charge in [-0.25, -0.2) is 4.98 Å². The van der Waals surface area contributed by atoms with Crippen LogP contribution in [0.1, 0.15) is 12.5 Å². The third-order valence-corrected chi connectivity index (χ3v) is 3.34. The molecule has 0 radical (unpaired) electrons. The highest BCUT2D eigenvalue weighted by molar-refractivity contribution is 9.10. The first kappa shape index (κ1) is 15.6. The van der Waals surface area contributed by atoms with E-state index in [1.54, 1.807) is 25.1 Å². The summed E-state index contributed by atoms with van der Waals surface area (Å²) in [5.74, 6) is 0.314. The number of halogens is 4. The predicted octanol–water partition coefficient (Wildman–Crippen LogP) is 5.04. The summed E-state index contributed by atoms with van der Waals surface area (Å²) in [5, 5.41) is 5.68. The normalized spacial score (nSPS) is 11.3. The van der Waals surface area contributed by atoms with Crippen LogP contribution in [0.3, 0.4) is 0 Å². The third kappa shape index (κ3) is 4.10. The maximum atomic E-state index is 12.9. The van der Waals surface area contributed by atoms with Gasteiger partial charge < -0.3 is 10.6 Å². The Labute approximate surface area is 128 Å². The summed E-state index contributed by atoms with van der Waals surface area (Å²) >= 11 is 3.33. The van der Waals surface area contributed by atoms with Gasteiger partial charge in [0.15, 0.2) is 0 Å². The van der Waals surface area contributed by atoms with Crippen molar-refractivity contribution in [2.45, 2.75) is 13.1 Å². The van der Waals surface area contributed by atoms with E-state index in [0.717, 1.165) is 16.6 Å². The highest BCUT2D eigenvalue weighted by atomic mass is 79.9. The van der Waals surface area contributed by atoms with E-state index < -0.39 is 11.7 Å². The Bertz CT molecular complexity index is 629. The minimum absolute atomic E-state index is 0.132. The van der Waals surface area contributed by atoms with Gasteiger partial charge in [-0.05, 0) is 47.1 Å². The molecule has 0 fully saturated rings. The molecule has 2 N–H and O–H groups in total. The van der Waals surface area contributed by atoms with Crippen LogP contribution in [0.4, 0.5) is 30.5 Å². The molecule has 0 saturated carbocycles. The number of nitrogens with one attached hydrogen (secondary N) is 2. The summed E-state index contributed by atoms with van der Waals surface area (Å²) in [7, 11) is 0. The smallest absolute Gasteiger partial charge is 0.370 e. The summed E-state index contributed by atoms with van der Waals surface area (Å²) in [6, 6.07) is 9.12. The molecular weight excluding hydrogens is 347 g/mol. The second-order valence-electron chi connectivity index (χ2n) is 4.26. The number of aromatic nitrogens is 1. The van der Waals surface area contributed by atoms with Crippen LogP contribution in [-0.4, -0.2) is 11.5 Å². The van der Waals surface area contributed by atoms with Gasteiger partial charge in [0.2, 0.25) is 0 Å². The lowest BCUT2D eigenvalue weighted by Crippen LogP contribution is -2.09. The number of para-hydroxylation sites is 1. The van der Waals surface area contributed by atoms with Gasteiger partial charge in [0.25, 0.3) is 0 Å². The molecule has 0 spiro atoms. The fraction of sp³-hybridized carbons (Fsp3) is 0.214. The Kier molecular flexibility index (Phi) is 4.72. The van der Waals surface area contributed by atoms with Gasteiger partial charge in [0.05, 0.1) is 11.3 Å². The van der Waals surface area contributed by atoms with E-state index in [9.17, 15) is 13.2 Å². The lowest BCUT2D eigenvalue weighted by Gasteiger charge is -2.14. The second kappa shape index (κ2) is 6.34. The van der Waals surface area contributed by atoms with E-state index in [4.69, 9.17) is 0 Å². The Morgan fingerprint density at radius 3 is 2.43 bits per heavy atom. The first-order valence-electron chi connectivity index (χ1n) is 6.25. The van der Waals surface area contributed by atoms with Crippen molar-refractivity contribution in [1.82, 2.24) is 4.98 Å². The molecule has 0 saturated heterocycles. The fourth-order valence-corrected chi connectivity index (χ4v) is 2.11. The molecule has 0 amide bonds. The Morgan fingerprint density at radius 2 is 1.81 bits per heavy atom. The Balaban J connectivity index is 2.38. The molecule has 1 aromatic heterocycles. The Morgan fingerprint density at radius 1 is 1.14 bits per heavy atom. The minimum atomic E-state index is -4.42. The van der Waals surface area contributed by atoms with Gasteiger partial charge in [-0.1, -0.05) is 12.1 Å². The van der Waals surface area contributed by atoms with Crippen LogP contribution in [0.5, 0.6) is 0 Å². The van der Waals surface area contributed by atoms with Gasteiger partial charge in [-0.2, -0.15) is 13.2 Å². The molecule has 21 heavy (non-hydrogen) atoms. The van der Waals surface area contributed by atoms with Crippen molar-refractivity contribution in [2.24, 2.45) is 0 Å². The molecule has 1 heterocycles. The van der Waals surface area contributed by atoms with Crippen LogP contribution in [-0.2, 0) is 6.18 Å². The van der Waals surface area contributed by atoms with Gasteiger partial charge in [0.1, 0.15) is 11.6 Å². The summed E-state index contributed by atoms with van der Waals surface area (Å²) in [6.07, 6.45) is -4.42. The van der Waals surface area contributed by atoms with Crippen molar-refractivity contribution < 1.29 is 13.2 Å². The van der Waals surface area contributed by atoms with E-state index in [1.165, 1.54) is 0 Å². The number of pyridine rings is 1. The molecule has 7 heteroatoms. The summed E-state index contributed by atoms with van der Waals surface area (Å²) in [6.45, 7) is 2.28. The molecule has 1 aromatic carbocycles. The van der Waals surface area contributed by atoms with Crippen LogP contribution in [0, 0.1) is 0 Å². The van der Waals surface area contributed by atoms with Crippen LogP contribution < -0.4 is 10.6 Å². The second-order valence-corrected chi connectivity index (χ2v) is 5.11. The zero-order valence-electron chi connectivity index (χ0n) is 11.1. The van der Waals surface area contributed by atoms with Crippen molar-refractivity contribution in [3.05, 3.63) is 46.4 Å². The topological polar surface area (TPSA) is 37.0 Å². The standard InChI is InChI=1S/C14H13BrF3N3/c1-2-19-12-7-9(14(16,17)18)8-13(21-12)20-11-6-4-3-5-10(11)15/h3-8H,2H2,1H3,(H2,19,20,21). The lowest BCUT2D eigenvalue weighted by atomic mass is 10.2. The van der Waals surface area contributed by atoms with Gasteiger partial charge in [0, 0.05) is 11.0 Å². The summed E-state index contributed by atoms with van der Waals surface area (Å²) in [5.41, 5.74) is -0.102. The number of hydrogen-bond acceptors (Lipinski definition) is 3. The molecule has 0 aliphatic rings. The van der Waals surface area contributed by atoms with Gasteiger partial charge in [-0.3, -0.25) is 0 Å². The number of anilines is 3. The average molecular weight is 360 g/mol. The zero-order chi connectivity index (χ0) is 15.5. The molecule has 0 unspecified atom stereocenters. The van der Waals surface area contributed by atoms with Crippen molar-refractivity contribution in [1.29, 1.82) is 0 Å². The lowest BCUT2D eigenvalue weighted by molar-refractivity contribution is -0.137. The largest absolute Gasteiger partial charge is 0.416 e. The summed E-state index contributed by atoms with van der Waals surface area (Å²) in [4.78, 5) is 4.13. The average Bonchev–Trinajstić information content (AvgIpc) is 2.41. The van der Waals surface area contributed by atoms with E-state index in [1.807, 2.05) is 6.07 Å². The van der Waals surface area contributed by atoms with Crippen molar-refractivity contribution in [2.75, 3.05) is 17.2 Å². The van der Waals surface area contributed by atoms with E-state index in [2.05, 4.69) is 31.5 Å². The first-order valence-corrected chi connectivity index (χ1v) is 7.04. The first-order chi connectivity index (χ1) is 9.90. The molecule has 0 bridgehead atoms. The zero-order valence-corrected chi connectivity index (χ0v) is 12.7. The van der Waals surface area contributed by atoms with Crippen LogP contribution >= 0.6 is 15.9 Å². The van der Waals surface area contributed by atoms with Crippen LogP contribution in [0.25, 0.3) is 0 Å². The number of rotatable bonds is 4. The molecule has 0 aliphatic carbocycles. The third-order valence-electron chi connectivity index (χ3n) is 2.65. The molecule has 2 aromatic rings. The monoisotopic (exact) mass is 359 g/mol. The van der Waals surface area contributed by atoms with E-state index in [-0.39, 0.29) is 11.6 Å². The van der Waals surface area contributed by atoms with Crippen LogP contribution in [0.2, 0.25) is 0 Å². The quantitative estimate of drug-likeness (QED) is 0.802. The van der Waals surface area contributed by atoms with E-state index >= 15 is 0 Å². The highest BCUT2D eigenvalue weighted by Gasteiger charge is 2.31. The maximum absolute atomic E-state index is 12.9. The summed E-state index contributed by atoms with van der Waals surface area (Å²) < 4.78 is 39.5. The molecule has 0 atom stereocenters. The van der Waals surface area contributed by atoms with Gasteiger partial charge >= 0.3 is 6.18 Å². The number of hydrogen-bond donors (Lipinski definition) is 2. The fourth-order valence-electron chi connectivity index (χ4n) is 1.73. The molecule has 112 valence electrons. The maximum Gasteiger partial charge on any atom is 0.416 e. The molecule has 3 nitrogen and oxygen atoms in total. The van der Waals surface area contributed by atoms with Gasteiger partial charge in [-0.15, -0.1) is 0 Å². The SMILES string of the molecule is CCNc1cc(C(F)(F)F)cc(Nc2ccccc2Br)n1. The predicted molar refractivity (Wildman–Crippen MR) is 80.8 cm³/mol. The van der Waals surface area contributed by atoms with E-state index in [0.29, 0.717) is 12.2 Å².